The first-order valence-electron chi connectivity index (χ1n) is 10.7. The number of hydrogen-bond acceptors (Lipinski definition) is 6. The molecular weight excluding hydrogens is 434 g/mol. The van der Waals surface area contributed by atoms with Crippen LogP contribution < -0.4 is 10.1 Å². The van der Waals surface area contributed by atoms with Crippen molar-refractivity contribution in [2.24, 2.45) is 0 Å². The Morgan fingerprint density at radius 1 is 1.12 bits per heavy atom. The van der Waals surface area contributed by atoms with Gasteiger partial charge in [-0.2, -0.15) is 5.10 Å². The van der Waals surface area contributed by atoms with Crippen molar-refractivity contribution in [1.82, 2.24) is 25.1 Å². The zero-order valence-corrected chi connectivity index (χ0v) is 20.0. The van der Waals surface area contributed by atoms with Crippen LogP contribution in [0.5, 0.6) is 5.06 Å². The van der Waals surface area contributed by atoms with Gasteiger partial charge >= 0.3 is 6.09 Å². The lowest BCUT2D eigenvalue weighted by Gasteiger charge is -2.19. The van der Waals surface area contributed by atoms with Crippen molar-refractivity contribution < 1.29 is 9.53 Å². The minimum Gasteiger partial charge on any atom is -0.397 e. The summed E-state index contributed by atoms with van der Waals surface area (Å²) in [6.07, 6.45) is 4.80. The maximum Gasteiger partial charge on any atom is 0.413 e. The molecule has 4 rings (SSSR count). The summed E-state index contributed by atoms with van der Waals surface area (Å²) >= 11 is 1.30. The predicted octanol–water partition coefficient (Wildman–Crippen LogP) is 5.34. The number of aryl methyl sites for hydroxylation is 1. The van der Waals surface area contributed by atoms with E-state index < -0.39 is 6.09 Å². The molecule has 33 heavy (non-hydrogen) atoms. The molecular formula is C25H27N5O2S. The number of hydrogen-bond donors (Lipinski definition) is 1. The van der Waals surface area contributed by atoms with Crippen LogP contribution in [0.4, 0.5) is 4.79 Å². The lowest BCUT2D eigenvalue weighted by Crippen LogP contribution is -2.26. The Morgan fingerprint density at radius 2 is 1.91 bits per heavy atom. The monoisotopic (exact) mass is 461 g/mol. The summed E-state index contributed by atoms with van der Waals surface area (Å²) in [4.78, 5) is 20.8. The molecule has 0 radical (unpaired) electrons. The van der Waals surface area contributed by atoms with Crippen molar-refractivity contribution in [2.45, 2.75) is 46.2 Å². The SMILES string of the molecule is Cc1nc(-c2ccn(Cc3ccc(C(C)(C)C)cc3)n2)sc1OC(=O)NCc1cccnc1. The molecule has 0 saturated heterocycles. The fourth-order valence-corrected chi connectivity index (χ4v) is 4.13. The maximum atomic E-state index is 12.2. The lowest BCUT2D eigenvalue weighted by molar-refractivity contribution is 0.201. The Morgan fingerprint density at radius 3 is 2.61 bits per heavy atom. The first-order chi connectivity index (χ1) is 15.8. The van der Waals surface area contributed by atoms with Crippen LogP contribution in [-0.4, -0.2) is 25.8 Å². The number of benzene rings is 1. The van der Waals surface area contributed by atoms with Crippen LogP contribution >= 0.6 is 11.3 Å². The van der Waals surface area contributed by atoms with Gasteiger partial charge in [-0.05, 0) is 41.2 Å². The molecule has 7 nitrogen and oxygen atoms in total. The van der Waals surface area contributed by atoms with E-state index in [1.807, 2.05) is 36.0 Å². The molecule has 3 aromatic heterocycles. The Bertz CT molecular complexity index is 1220. The quantitative estimate of drug-likeness (QED) is 0.419. The Hall–Kier alpha value is -3.52. The van der Waals surface area contributed by atoms with Crippen molar-refractivity contribution in [2.75, 3.05) is 0 Å². The van der Waals surface area contributed by atoms with Crippen LogP contribution in [0.2, 0.25) is 0 Å². The number of nitrogens with one attached hydrogen (secondary N) is 1. The molecule has 170 valence electrons. The van der Waals surface area contributed by atoms with E-state index in [9.17, 15) is 4.79 Å². The molecule has 0 aliphatic rings. The first-order valence-corrected chi connectivity index (χ1v) is 11.5. The molecule has 0 aliphatic carbocycles. The second-order valence-electron chi connectivity index (χ2n) is 8.84. The summed E-state index contributed by atoms with van der Waals surface area (Å²) in [5, 5.41) is 8.56. The molecule has 4 aromatic rings. The average molecular weight is 462 g/mol. The third-order valence-electron chi connectivity index (χ3n) is 5.12. The first kappa shape index (κ1) is 22.7. The molecule has 0 saturated carbocycles. The molecule has 0 aliphatic heterocycles. The molecule has 1 aromatic carbocycles. The van der Waals surface area contributed by atoms with Gasteiger partial charge in [-0.3, -0.25) is 9.67 Å². The normalized spacial score (nSPS) is 11.4. The highest BCUT2D eigenvalue weighted by Gasteiger charge is 2.16. The Balaban J connectivity index is 1.38. The van der Waals surface area contributed by atoms with E-state index in [0.29, 0.717) is 28.9 Å². The number of ether oxygens (including phenoxy) is 1. The van der Waals surface area contributed by atoms with E-state index in [0.717, 1.165) is 11.3 Å². The number of carbonyl (C=O) groups is 1. The molecule has 3 heterocycles. The van der Waals surface area contributed by atoms with E-state index in [-0.39, 0.29) is 5.41 Å². The van der Waals surface area contributed by atoms with E-state index in [1.54, 1.807) is 12.4 Å². The second kappa shape index (κ2) is 9.54. The van der Waals surface area contributed by atoms with Crippen LogP contribution in [0.3, 0.4) is 0 Å². The molecule has 0 unspecified atom stereocenters. The highest BCUT2D eigenvalue weighted by Crippen LogP contribution is 2.33. The molecule has 1 amide bonds. The molecule has 0 bridgehead atoms. The standard InChI is InChI=1S/C25H27N5O2S/c1-17-23(32-24(31)27-15-19-6-5-12-26-14-19)33-22(28-17)21-11-13-30(29-21)16-18-7-9-20(10-8-18)25(2,3)4/h5-14H,15-16H2,1-4H3,(H,27,31). The third-order valence-corrected chi connectivity index (χ3v) is 6.18. The minimum absolute atomic E-state index is 0.134. The highest BCUT2D eigenvalue weighted by atomic mass is 32.1. The average Bonchev–Trinajstić information content (AvgIpc) is 3.39. The van der Waals surface area contributed by atoms with Crippen molar-refractivity contribution in [1.29, 1.82) is 0 Å². The molecule has 8 heteroatoms. The third kappa shape index (κ3) is 5.84. The number of aromatic nitrogens is 4. The highest BCUT2D eigenvalue weighted by molar-refractivity contribution is 7.17. The minimum atomic E-state index is -0.526. The molecule has 0 fully saturated rings. The van der Waals surface area contributed by atoms with Gasteiger partial charge in [0, 0.05) is 25.1 Å². The van der Waals surface area contributed by atoms with E-state index in [1.165, 1.54) is 22.5 Å². The van der Waals surface area contributed by atoms with Gasteiger partial charge in [0.25, 0.3) is 0 Å². The maximum absolute atomic E-state index is 12.2. The fourth-order valence-electron chi connectivity index (χ4n) is 3.24. The number of thiazole rings is 1. The summed E-state index contributed by atoms with van der Waals surface area (Å²) in [6, 6.07) is 14.3. The Labute approximate surface area is 197 Å². The van der Waals surface area contributed by atoms with Gasteiger partial charge in [-0.25, -0.2) is 9.78 Å². The van der Waals surface area contributed by atoms with E-state index >= 15 is 0 Å². The number of amides is 1. The molecule has 1 N–H and O–H groups in total. The van der Waals surface area contributed by atoms with Crippen LogP contribution in [0.1, 0.15) is 43.2 Å². The van der Waals surface area contributed by atoms with Gasteiger partial charge in [-0.1, -0.05) is 62.4 Å². The van der Waals surface area contributed by atoms with E-state index in [2.05, 4.69) is 65.4 Å². The van der Waals surface area contributed by atoms with Gasteiger partial charge in [0.1, 0.15) is 10.7 Å². The van der Waals surface area contributed by atoms with Crippen LogP contribution in [0, 0.1) is 6.92 Å². The van der Waals surface area contributed by atoms with Gasteiger partial charge in [0.15, 0.2) is 0 Å². The van der Waals surface area contributed by atoms with Crippen molar-refractivity contribution in [3.05, 3.63) is 83.4 Å². The zero-order valence-electron chi connectivity index (χ0n) is 19.2. The summed E-state index contributed by atoms with van der Waals surface area (Å²) in [5.74, 6) is 0. The van der Waals surface area contributed by atoms with Crippen LogP contribution in [-0.2, 0) is 18.5 Å². The summed E-state index contributed by atoms with van der Waals surface area (Å²) in [6.45, 7) is 9.46. The second-order valence-corrected chi connectivity index (χ2v) is 9.80. The summed E-state index contributed by atoms with van der Waals surface area (Å²) in [5.41, 5.74) is 4.92. The number of rotatable bonds is 6. The van der Waals surface area contributed by atoms with Gasteiger partial charge in [0.05, 0.1) is 12.2 Å². The lowest BCUT2D eigenvalue weighted by atomic mass is 9.87. The van der Waals surface area contributed by atoms with Gasteiger partial charge in [-0.15, -0.1) is 0 Å². The van der Waals surface area contributed by atoms with Crippen LogP contribution in [0.15, 0.2) is 61.1 Å². The summed E-state index contributed by atoms with van der Waals surface area (Å²) < 4.78 is 7.35. The van der Waals surface area contributed by atoms with Gasteiger partial charge in [0.2, 0.25) is 5.06 Å². The van der Waals surface area contributed by atoms with Crippen molar-refractivity contribution >= 4 is 17.4 Å². The fraction of sp³-hybridized carbons (Fsp3) is 0.280. The predicted molar refractivity (Wildman–Crippen MR) is 129 cm³/mol. The largest absolute Gasteiger partial charge is 0.413 e. The van der Waals surface area contributed by atoms with E-state index in [4.69, 9.17) is 4.74 Å². The Kier molecular flexibility index (Phi) is 6.55. The number of pyridine rings is 1. The van der Waals surface area contributed by atoms with Crippen LogP contribution in [0.25, 0.3) is 10.7 Å². The molecule has 0 atom stereocenters. The topological polar surface area (TPSA) is 81.9 Å². The smallest absolute Gasteiger partial charge is 0.397 e. The zero-order chi connectivity index (χ0) is 23.4. The number of nitrogens with zero attached hydrogens (tertiary/aromatic N) is 4. The van der Waals surface area contributed by atoms with Gasteiger partial charge < -0.3 is 10.1 Å². The summed E-state index contributed by atoms with van der Waals surface area (Å²) in [7, 11) is 0. The number of carbonyl (C=O) groups excluding carboxylic acids is 1. The van der Waals surface area contributed by atoms with Crippen molar-refractivity contribution in [3.63, 3.8) is 0 Å². The van der Waals surface area contributed by atoms with Crippen molar-refractivity contribution in [3.8, 4) is 15.8 Å². The molecule has 0 spiro atoms.